The van der Waals surface area contributed by atoms with Gasteiger partial charge in [0.05, 0.1) is 0 Å². The Hall–Kier alpha value is -1.13. The highest BCUT2D eigenvalue weighted by Crippen LogP contribution is 2.25. The fraction of sp³-hybridized carbons (Fsp3) is 0.500. The maximum absolute atomic E-state index is 4.20. The van der Waals surface area contributed by atoms with Gasteiger partial charge in [-0.3, -0.25) is 4.68 Å². The second-order valence-corrected chi connectivity index (χ2v) is 6.13. The topological polar surface area (TPSA) is 29.9 Å². The predicted octanol–water partition coefficient (Wildman–Crippen LogP) is 3.30. The first-order valence-corrected chi connectivity index (χ1v) is 7.26. The third-order valence-electron chi connectivity index (χ3n) is 3.12. The van der Waals surface area contributed by atoms with Crippen molar-refractivity contribution in [2.45, 2.75) is 39.8 Å². The van der Waals surface area contributed by atoms with E-state index in [1.165, 1.54) is 15.3 Å². The van der Waals surface area contributed by atoms with Crippen LogP contribution in [0.1, 0.15) is 34.7 Å². The first kappa shape index (κ1) is 13.3. The van der Waals surface area contributed by atoms with E-state index in [1.807, 2.05) is 34.5 Å². The van der Waals surface area contributed by atoms with Gasteiger partial charge in [-0.1, -0.05) is 0 Å². The zero-order valence-electron chi connectivity index (χ0n) is 11.3. The standard InChI is InChI=1S/C14H21N3S/c1-11-10-14(13(3)18-11)12(2)15-6-4-8-17-9-5-7-16-17/h5,7,9-10,12,15H,4,6,8H2,1-3H3. The van der Waals surface area contributed by atoms with Crippen LogP contribution < -0.4 is 5.32 Å². The zero-order valence-corrected chi connectivity index (χ0v) is 12.1. The van der Waals surface area contributed by atoms with E-state index in [4.69, 9.17) is 0 Å². The van der Waals surface area contributed by atoms with Gasteiger partial charge >= 0.3 is 0 Å². The summed E-state index contributed by atoms with van der Waals surface area (Å²) < 4.78 is 1.98. The van der Waals surface area contributed by atoms with Crippen LogP contribution in [-0.4, -0.2) is 16.3 Å². The van der Waals surface area contributed by atoms with E-state index in [9.17, 15) is 0 Å². The molecule has 0 aliphatic rings. The second kappa shape index (κ2) is 6.16. The van der Waals surface area contributed by atoms with E-state index in [0.29, 0.717) is 6.04 Å². The van der Waals surface area contributed by atoms with Gasteiger partial charge in [-0.25, -0.2) is 0 Å². The number of hydrogen-bond donors (Lipinski definition) is 1. The summed E-state index contributed by atoms with van der Waals surface area (Å²) in [5.41, 5.74) is 1.44. The second-order valence-electron chi connectivity index (χ2n) is 4.67. The molecule has 0 amide bonds. The summed E-state index contributed by atoms with van der Waals surface area (Å²) in [4.78, 5) is 2.83. The van der Waals surface area contributed by atoms with Crippen molar-refractivity contribution in [3.8, 4) is 0 Å². The van der Waals surface area contributed by atoms with Crippen LogP contribution in [-0.2, 0) is 6.54 Å². The molecule has 4 heteroatoms. The van der Waals surface area contributed by atoms with Crippen LogP contribution >= 0.6 is 11.3 Å². The SMILES string of the molecule is Cc1cc(C(C)NCCCn2cccn2)c(C)s1. The molecule has 1 N–H and O–H groups in total. The van der Waals surface area contributed by atoms with Crippen LogP contribution in [0, 0.1) is 13.8 Å². The Bertz CT molecular complexity index is 473. The smallest absolute Gasteiger partial charge is 0.0489 e. The molecule has 0 radical (unpaired) electrons. The highest BCUT2D eigenvalue weighted by molar-refractivity contribution is 7.12. The van der Waals surface area contributed by atoms with Gasteiger partial charge in [0.2, 0.25) is 0 Å². The molecule has 1 atom stereocenters. The fourth-order valence-electron chi connectivity index (χ4n) is 2.18. The molecule has 0 fully saturated rings. The molecule has 18 heavy (non-hydrogen) atoms. The molecule has 0 aliphatic carbocycles. The maximum Gasteiger partial charge on any atom is 0.0489 e. The molecule has 0 saturated carbocycles. The Kier molecular flexibility index (Phi) is 4.55. The summed E-state index contributed by atoms with van der Waals surface area (Å²) >= 11 is 1.88. The molecule has 0 spiro atoms. The Morgan fingerprint density at radius 1 is 1.44 bits per heavy atom. The average molecular weight is 263 g/mol. The Morgan fingerprint density at radius 2 is 2.28 bits per heavy atom. The lowest BCUT2D eigenvalue weighted by molar-refractivity contribution is 0.506. The lowest BCUT2D eigenvalue weighted by Gasteiger charge is -2.13. The van der Waals surface area contributed by atoms with Gasteiger partial charge in [0, 0.05) is 34.7 Å². The number of aromatic nitrogens is 2. The fourth-order valence-corrected chi connectivity index (χ4v) is 3.21. The molecule has 2 aromatic heterocycles. The van der Waals surface area contributed by atoms with Crippen molar-refractivity contribution in [1.82, 2.24) is 15.1 Å². The van der Waals surface area contributed by atoms with Crippen molar-refractivity contribution in [2.24, 2.45) is 0 Å². The predicted molar refractivity (Wildman–Crippen MR) is 77.1 cm³/mol. The van der Waals surface area contributed by atoms with Crippen LogP contribution in [0.3, 0.4) is 0 Å². The Balaban J connectivity index is 1.75. The molecule has 98 valence electrons. The van der Waals surface area contributed by atoms with Gasteiger partial charge in [-0.05, 0) is 51.4 Å². The van der Waals surface area contributed by atoms with E-state index in [1.54, 1.807) is 0 Å². The van der Waals surface area contributed by atoms with Gasteiger partial charge in [-0.2, -0.15) is 5.10 Å². The number of thiophene rings is 1. The summed E-state index contributed by atoms with van der Waals surface area (Å²) in [5, 5.41) is 7.78. The highest BCUT2D eigenvalue weighted by atomic mass is 32.1. The van der Waals surface area contributed by atoms with Gasteiger partial charge < -0.3 is 5.32 Å². The molecule has 0 bridgehead atoms. The Morgan fingerprint density at radius 3 is 2.89 bits per heavy atom. The maximum atomic E-state index is 4.20. The third kappa shape index (κ3) is 3.43. The molecular formula is C14H21N3S. The molecule has 2 rings (SSSR count). The Labute approximate surface area is 113 Å². The van der Waals surface area contributed by atoms with Crippen molar-refractivity contribution in [1.29, 1.82) is 0 Å². The number of rotatable bonds is 6. The van der Waals surface area contributed by atoms with E-state index in [0.717, 1.165) is 19.5 Å². The molecule has 0 saturated heterocycles. The van der Waals surface area contributed by atoms with Crippen LogP contribution in [0.25, 0.3) is 0 Å². The minimum atomic E-state index is 0.438. The molecule has 2 heterocycles. The third-order valence-corrected chi connectivity index (χ3v) is 4.10. The number of aryl methyl sites for hydroxylation is 3. The summed E-state index contributed by atoms with van der Waals surface area (Å²) in [6.07, 6.45) is 4.94. The molecule has 0 aliphatic heterocycles. The van der Waals surface area contributed by atoms with Crippen molar-refractivity contribution in [3.63, 3.8) is 0 Å². The zero-order chi connectivity index (χ0) is 13.0. The highest BCUT2D eigenvalue weighted by Gasteiger charge is 2.10. The van der Waals surface area contributed by atoms with Gasteiger partial charge in [-0.15, -0.1) is 11.3 Å². The van der Waals surface area contributed by atoms with Crippen LogP contribution in [0.2, 0.25) is 0 Å². The summed E-state index contributed by atoms with van der Waals surface area (Å²) in [6.45, 7) is 8.62. The lowest BCUT2D eigenvalue weighted by atomic mass is 10.1. The average Bonchev–Trinajstić information content (AvgIpc) is 2.94. The van der Waals surface area contributed by atoms with Crippen molar-refractivity contribution in [3.05, 3.63) is 39.8 Å². The molecule has 0 aromatic carbocycles. The van der Waals surface area contributed by atoms with E-state index < -0.39 is 0 Å². The summed E-state index contributed by atoms with van der Waals surface area (Å²) in [6, 6.07) is 4.70. The van der Waals surface area contributed by atoms with Crippen molar-refractivity contribution < 1.29 is 0 Å². The van der Waals surface area contributed by atoms with E-state index >= 15 is 0 Å². The molecule has 3 nitrogen and oxygen atoms in total. The minimum Gasteiger partial charge on any atom is -0.310 e. The number of nitrogens with one attached hydrogen (secondary N) is 1. The van der Waals surface area contributed by atoms with Crippen molar-refractivity contribution >= 4 is 11.3 Å². The summed E-state index contributed by atoms with van der Waals surface area (Å²) in [7, 11) is 0. The van der Waals surface area contributed by atoms with E-state index in [-0.39, 0.29) is 0 Å². The molecule has 2 aromatic rings. The van der Waals surface area contributed by atoms with Gasteiger partial charge in [0.15, 0.2) is 0 Å². The number of hydrogen-bond acceptors (Lipinski definition) is 3. The largest absolute Gasteiger partial charge is 0.310 e. The van der Waals surface area contributed by atoms with Crippen LogP contribution in [0.15, 0.2) is 24.5 Å². The van der Waals surface area contributed by atoms with Crippen LogP contribution in [0.4, 0.5) is 0 Å². The minimum absolute atomic E-state index is 0.438. The van der Waals surface area contributed by atoms with Crippen LogP contribution in [0.5, 0.6) is 0 Å². The van der Waals surface area contributed by atoms with Gasteiger partial charge in [0.25, 0.3) is 0 Å². The number of nitrogens with zero attached hydrogens (tertiary/aromatic N) is 2. The lowest BCUT2D eigenvalue weighted by Crippen LogP contribution is -2.21. The van der Waals surface area contributed by atoms with E-state index in [2.05, 4.69) is 37.3 Å². The molecule has 1 unspecified atom stereocenters. The first-order valence-electron chi connectivity index (χ1n) is 6.44. The molecular weight excluding hydrogens is 242 g/mol. The van der Waals surface area contributed by atoms with Gasteiger partial charge in [0.1, 0.15) is 0 Å². The normalized spacial score (nSPS) is 12.8. The monoisotopic (exact) mass is 263 g/mol. The van der Waals surface area contributed by atoms with Crippen molar-refractivity contribution in [2.75, 3.05) is 6.54 Å². The quantitative estimate of drug-likeness (QED) is 0.810. The summed E-state index contributed by atoms with van der Waals surface area (Å²) in [5.74, 6) is 0. The first-order chi connectivity index (χ1) is 8.66.